The van der Waals surface area contributed by atoms with E-state index in [0.717, 1.165) is 78.0 Å². The molecule has 3 aliphatic carbocycles. The van der Waals surface area contributed by atoms with Crippen molar-refractivity contribution in [2.24, 2.45) is 23.7 Å². The lowest BCUT2D eigenvalue weighted by molar-refractivity contribution is 0.0375. The van der Waals surface area contributed by atoms with Gasteiger partial charge in [-0.1, -0.05) is 142 Å². The molecule has 14 rings (SSSR count). The number of aromatic nitrogens is 3. The van der Waals surface area contributed by atoms with Crippen molar-refractivity contribution in [2.75, 3.05) is 0 Å². The zero-order valence-electron chi connectivity index (χ0n) is 37.1. The molecule has 3 aromatic heterocycles. The maximum absolute atomic E-state index is 6.63. The summed E-state index contributed by atoms with van der Waals surface area (Å²) in [7, 11) is 0. The molecule has 5 atom stereocenters. The van der Waals surface area contributed by atoms with Crippen LogP contribution < -0.4 is 0 Å². The van der Waals surface area contributed by atoms with E-state index >= 15 is 0 Å². The lowest BCUT2D eigenvalue weighted by Crippen LogP contribution is -2.49. The highest BCUT2D eigenvalue weighted by Crippen LogP contribution is 2.67. The monoisotopic (exact) mass is 853 g/mol. The summed E-state index contributed by atoms with van der Waals surface area (Å²) in [6, 6.07) is 58.8. The first-order valence-corrected chi connectivity index (χ1v) is 23.9. The fraction of sp³-hybridized carbons (Fsp3) is 0.197. The molecule has 66 heavy (non-hydrogen) atoms. The van der Waals surface area contributed by atoms with Crippen molar-refractivity contribution in [3.63, 3.8) is 0 Å². The minimum atomic E-state index is -0.205. The van der Waals surface area contributed by atoms with Crippen LogP contribution in [0.1, 0.15) is 57.1 Å². The molecule has 3 heterocycles. The maximum Gasteiger partial charge on any atom is 0.164 e. The number of rotatable bonds is 5. The molecule has 318 valence electrons. The lowest BCUT2D eigenvalue weighted by atomic mass is 9.49. The van der Waals surface area contributed by atoms with Gasteiger partial charge in [-0.05, 0) is 136 Å². The van der Waals surface area contributed by atoms with E-state index in [-0.39, 0.29) is 5.41 Å². The molecule has 0 aliphatic heterocycles. The number of hydrogen-bond acceptors (Lipinski definition) is 5. The molecule has 1 spiro atoms. The van der Waals surface area contributed by atoms with Gasteiger partial charge in [-0.3, -0.25) is 0 Å². The Labute approximate surface area is 383 Å². The molecular formula is C61H47N3O2. The summed E-state index contributed by atoms with van der Waals surface area (Å²) in [5, 5.41) is 6.99. The van der Waals surface area contributed by atoms with Gasteiger partial charge in [0.1, 0.15) is 22.3 Å². The highest BCUT2D eigenvalue weighted by molar-refractivity contribution is 6.12. The number of para-hydroxylation sites is 2. The number of fused-ring (bicyclic) bond motifs is 16. The van der Waals surface area contributed by atoms with Crippen LogP contribution >= 0.6 is 0 Å². The quantitative estimate of drug-likeness (QED) is 0.173. The van der Waals surface area contributed by atoms with Gasteiger partial charge in [-0.2, -0.15) is 0 Å². The normalized spacial score (nSPS) is 21.1. The van der Waals surface area contributed by atoms with Gasteiger partial charge in [-0.15, -0.1) is 0 Å². The van der Waals surface area contributed by atoms with E-state index in [1.165, 1.54) is 70.7 Å². The van der Waals surface area contributed by atoms with Crippen LogP contribution in [0, 0.1) is 23.7 Å². The predicted octanol–water partition coefficient (Wildman–Crippen LogP) is 16.2. The Kier molecular flexibility index (Phi) is 8.23. The third kappa shape index (κ3) is 5.43. The molecule has 5 heteroatoms. The maximum atomic E-state index is 6.63. The number of furan rings is 2. The van der Waals surface area contributed by atoms with E-state index in [0.29, 0.717) is 29.3 Å². The standard InChI is InChI=1S/C61H47N3O2/c1-3-36-29-37-28-35(2)61(42(30-36)31-37)50-33-41(59-62-58(39-15-5-4-6-16-39)63-60(64-59)48-20-13-23-53-56(48)46-19-10-12-22-52(46)65-53)32-49(55(50)47-27-24-38-14-7-8-17-43(38)57(47)61)40-25-26-45-44-18-9-11-21-51(44)66-54(45)34-40/h4-27,32-37,42H,3,28-31H2,1-2H3. The van der Waals surface area contributed by atoms with Crippen molar-refractivity contribution < 1.29 is 8.83 Å². The summed E-state index contributed by atoms with van der Waals surface area (Å²) >= 11 is 0. The second-order valence-corrected chi connectivity index (χ2v) is 19.5. The molecule has 0 amide bonds. The molecule has 3 aliphatic rings. The number of nitrogens with zero attached hydrogens (tertiary/aromatic N) is 3. The Hall–Kier alpha value is -7.37. The zero-order valence-corrected chi connectivity index (χ0v) is 37.1. The first-order valence-electron chi connectivity index (χ1n) is 23.9. The largest absolute Gasteiger partial charge is 0.456 e. The summed E-state index contributed by atoms with van der Waals surface area (Å²) in [6.07, 6.45) is 6.28. The zero-order chi connectivity index (χ0) is 43.7. The number of benzene rings is 8. The van der Waals surface area contributed by atoms with Crippen LogP contribution in [0.5, 0.6) is 0 Å². The van der Waals surface area contributed by atoms with Crippen molar-refractivity contribution in [1.82, 2.24) is 15.0 Å². The van der Waals surface area contributed by atoms with Crippen LogP contribution in [0.25, 0.3) is 111 Å². The fourth-order valence-corrected chi connectivity index (χ4v) is 13.4. The van der Waals surface area contributed by atoms with Crippen molar-refractivity contribution in [2.45, 2.75) is 51.4 Å². The smallest absolute Gasteiger partial charge is 0.164 e. The molecule has 2 fully saturated rings. The van der Waals surface area contributed by atoms with Crippen LogP contribution in [0.4, 0.5) is 0 Å². The van der Waals surface area contributed by atoms with Crippen molar-refractivity contribution in [3.05, 3.63) is 175 Å². The van der Waals surface area contributed by atoms with Gasteiger partial charge in [0.05, 0.1) is 0 Å². The molecule has 11 aromatic rings. The molecule has 8 aromatic carbocycles. The third-order valence-electron chi connectivity index (χ3n) is 16.0. The Morgan fingerprint density at radius 2 is 1.20 bits per heavy atom. The van der Waals surface area contributed by atoms with E-state index in [1.807, 2.05) is 30.3 Å². The second kappa shape index (κ2) is 14.3. The minimum Gasteiger partial charge on any atom is -0.456 e. The minimum absolute atomic E-state index is 0.205. The Morgan fingerprint density at radius 3 is 2.05 bits per heavy atom. The SMILES string of the molecule is CCC1CC2CC(C)C3(c4cc(-c5nc(-c6ccccc6)nc(-c6cccc7oc8ccccc8c67)n5)cc(-c5ccc6c(c5)oc5ccccc56)c4-c4ccc5ccccc5c43)C(C1)C2. The summed E-state index contributed by atoms with van der Waals surface area (Å²) in [5.74, 6) is 4.31. The van der Waals surface area contributed by atoms with E-state index < -0.39 is 0 Å². The highest BCUT2D eigenvalue weighted by Gasteiger charge is 2.58. The van der Waals surface area contributed by atoms with Gasteiger partial charge in [0, 0.05) is 43.7 Å². The van der Waals surface area contributed by atoms with Gasteiger partial charge >= 0.3 is 0 Å². The van der Waals surface area contributed by atoms with Gasteiger partial charge < -0.3 is 8.83 Å². The van der Waals surface area contributed by atoms with Gasteiger partial charge in [0.2, 0.25) is 0 Å². The van der Waals surface area contributed by atoms with Crippen molar-refractivity contribution in [3.8, 4) is 56.4 Å². The molecule has 5 unspecified atom stereocenters. The van der Waals surface area contributed by atoms with E-state index in [4.69, 9.17) is 23.8 Å². The molecular weight excluding hydrogens is 807 g/mol. The van der Waals surface area contributed by atoms with Crippen molar-refractivity contribution >= 4 is 54.6 Å². The lowest BCUT2D eigenvalue weighted by Gasteiger charge is -2.55. The van der Waals surface area contributed by atoms with E-state index in [9.17, 15) is 0 Å². The molecule has 0 radical (unpaired) electrons. The van der Waals surface area contributed by atoms with Crippen LogP contribution in [-0.4, -0.2) is 15.0 Å². The molecule has 2 bridgehead atoms. The molecule has 0 saturated heterocycles. The summed E-state index contributed by atoms with van der Waals surface area (Å²) in [6.45, 7) is 4.98. The van der Waals surface area contributed by atoms with Crippen LogP contribution in [0.3, 0.4) is 0 Å². The molecule has 5 nitrogen and oxygen atoms in total. The van der Waals surface area contributed by atoms with Crippen molar-refractivity contribution in [1.29, 1.82) is 0 Å². The third-order valence-corrected chi connectivity index (χ3v) is 16.0. The first kappa shape index (κ1) is 38.0. The Bertz CT molecular complexity index is 3770. The fourth-order valence-electron chi connectivity index (χ4n) is 13.4. The van der Waals surface area contributed by atoms with E-state index in [2.05, 4.69) is 147 Å². The Morgan fingerprint density at radius 1 is 0.500 bits per heavy atom. The average molecular weight is 854 g/mol. The van der Waals surface area contributed by atoms with E-state index in [1.54, 1.807) is 0 Å². The van der Waals surface area contributed by atoms with Crippen LogP contribution in [-0.2, 0) is 5.41 Å². The average Bonchev–Trinajstić information content (AvgIpc) is 4.04. The van der Waals surface area contributed by atoms with Gasteiger partial charge in [0.25, 0.3) is 0 Å². The number of hydrogen-bond donors (Lipinski definition) is 0. The second-order valence-electron chi connectivity index (χ2n) is 19.5. The summed E-state index contributed by atoms with van der Waals surface area (Å²) < 4.78 is 13.0. The van der Waals surface area contributed by atoms with Crippen LogP contribution in [0.15, 0.2) is 173 Å². The summed E-state index contributed by atoms with van der Waals surface area (Å²) in [4.78, 5) is 16.3. The van der Waals surface area contributed by atoms with Crippen LogP contribution in [0.2, 0.25) is 0 Å². The highest BCUT2D eigenvalue weighted by atomic mass is 16.3. The Balaban J connectivity index is 1.09. The van der Waals surface area contributed by atoms with Gasteiger partial charge in [-0.25, -0.2) is 15.0 Å². The van der Waals surface area contributed by atoms with Gasteiger partial charge in [0.15, 0.2) is 17.5 Å². The molecule has 0 N–H and O–H groups in total. The topological polar surface area (TPSA) is 65.0 Å². The first-order chi connectivity index (χ1) is 32.5. The molecule has 2 saturated carbocycles. The summed E-state index contributed by atoms with van der Waals surface area (Å²) in [5.41, 5.74) is 14.0. The predicted molar refractivity (Wildman–Crippen MR) is 268 cm³/mol.